The molecule has 0 radical (unpaired) electrons. The van der Waals surface area contributed by atoms with E-state index in [2.05, 4.69) is 60.7 Å². The van der Waals surface area contributed by atoms with Gasteiger partial charge in [-0.2, -0.15) is 0 Å². The lowest BCUT2D eigenvalue weighted by Crippen LogP contribution is -2.11. The number of hydrogen-bond donors (Lipinski definition) is 1. The number of aliphatic hydroxyl groups is 1. The molecule has 6 aromatic rings. The van der Waals surface area contributed by atoms with Crippen molar-refractivity contribution in [3.05, 3.63) is 132 Å². The normalized spacial score (nSPS) is 11.9. The fraction of sp³-hybridized carbons (Fsp3) is 0.0333. The largest absolute Gasteiger partial charge is 0.380 e. The summed E-state index contributed by atoms with van der Waals surface area (Å²) in [5, 5.41) is 18.0. The van der Waals surface area contributed by atoms with Crippen LogP contribution in [0.2, 0.25) is 0 Å². The predicted molar refractivity (Wildman–Crippen MR) is 132 cm³/mol. The predicted octanol–water partition coefficient (Wildman–Crippen LogP) is 7.19. The Balaban J connectivity index is 0.000000135. The van der Waals surface area contributed by atoms with Crippen LogP contribution in [0.4, 0.5) is 0 Å². The molecule has 6 aromatic carbocycles. The van der Waals surface area contributed by atoms with E-state index < -0.39 is 6.10 Å². The first kappa shape index (κ1) is 19.9. The highest BCUT2D eigenvalue weighted by atomic mass is 16.3. The third-order valence-corrected chi connectivity index (χ3v) is 5.81. The van der Waals surface area contributed by atoms with Crippen LogP contribution in [0.15, 0.2) is 121 Å². The van der Waals surface area contributed by atoms with Crippen LogP contribution in [0.25, 0.3) is 32.3 Å². The quantitative estimate of drug-likeness (QED) is 0.246. The maximum atomic E-state index is 11.9. The highest BCUT2D eigenvalue weighted by Crippen LogP contribution is 2.33. The molecule has 2 nitrogen and oxygen atoms in total. The number of benzene rings is 6. The van der Waals surface area contributed by atoms with Gasteiger partial charge < -0.3 is 5.11 Å². The van der Waals surface area contributed by atoms with Crippen LogP contribution >= 0.6 is 0 Å². The van der Waals surface area contributed by atoms with Crippen molar-refractivity contribution in [3.63, 3.8) is 0 Å². The van der Waals surface area contributed by atoms with Crippen LogP contribution in [-0.4, -0.2) is 10.9 Å². The Kier molecular flexibility index (Phi) is 5.37. The van der Waals surface area contributed by atoms with Gasteiger partial charge in [0.2, 0.25) is 0 Å². The Hall–Kier alpha value is -4.01. The summed E-state index contributed by atoms with van der Waals surface area (Å²) in [6.07, 6.45) is -1.08. The van der Waals surface area contributed by atoms with Gasteiger partial charge in [0.15, 0.2) is 5.78 Å². The van der Waals surface area contributed by atoms with Gasteiger partial charge in [-0.3, -0.25) is 4.79 Å². The minimum absolute atomic E-state index is 0.271. The fourth-order valence-corrected chi connectivity index (χ4v) is 4.22. The number of hydrogen-bond acceptors (Lipinski definition) is 2. The van der Waals surface area contributed by atoms with Gasteiger partial charge in [-0.15, -0.1) is 0 Å². The second kappa shape index (κ2) is 8.62. The zero-order valence-electron chi connectivity index (χ0n) is 17.5. The number of ketones is 1. The van der Waals surface area contributed by atoms with Crippen LogP contribution in [0, 0.1) is 0 Å². The summed E-state index contributed by atoms with van der Waals surface area (Å²) in [7, 11) is 0. The average molecular weight is 415 g/mol. The lowest BCUT2D eigenvalue weighted by atomic mass is 9.95. The van der Waals surface area contributed by atoms with Crippen LogP contribution in [0.5, 0.6) is 0 Å². The second-order valence-electron chi connectivity index (χ2n) is 7.83. The fourth-order valence-electron chi connectivity index (χ4n) is 4.22. The zero-order chi connectivity index (χ0) is 21.9. The van der Waals surface area contributed by atoms with Crippen molar-refractivity contribution >= 4 is 38.1 Å². The standard InChI is InChI=1S/C16H10.C14H12O2/c1-3-11-7-9-13-5-2-6-14-10-8-12(4-1)15(11)16(13)14;15-13(11-7-3-1-4-8-11)14(16)12-9-5-2-6-10-12/h1-10H;1-10,13,15H. The smallest absolute Gasteiger partial charge is 0.195 e. The molecule has 1 atom stereocenters. The Bertz CT molecular complexity index is 1360. The van der Waals surface area contributed by atoms with E-state index in [1.807, 2.05) is 12.1 Å². The summed E-state index contributed by atoms with van der Waals surface area (Å²) in [5.74, 6) is -0.271. The molecule has 2 heteroatoms. The molecule has 0 aliphatic heterocycles. The van der Waals surface area contributed by atoms with E-state index in [4.69, 9.17) is 0 Å². The molecular weight excluding hydrogens is 392 g/mol. The Labute approximate surface area is 186 Å². The van der Waals surface area contributed by atoms with Crippen LogP contribution < -0.4 is 0 Å². The molecule has 0 saturated heterocycles. The monoisotopic (exact) mass is 414 g/mol. The van der Waals surface area contributed by atoms with Crippen molar-refractivity contribution < 1.29 is 9.90 Å². The molecule has 154 valence electrons. The number of aliphatic hydroxyl groups excluding tert-OH is 1. The third kappa shape index (κ3) is 3.73. The number of rotatable bonds is 3. The van der Waals surface area contributed by atoms with E-state index in [-0.39, 0.29) is 5.78 Å². The molecule has 32 heavy (non-hydrogen) atoms. The molecule has 0 heterocycles. The molecule has 0 aromatic heterocycles. The van der Waals surface area contributed by atoms with Gasteiger partial charge in [-0.25, -0.2) is 0 Å². The van der Waals surface area contributed by atoms with E-state index in [0.29, 0.717) is 11.1 Å². The van der Waals surface area contributed by atoms with Crippen molar-refractivity contribution in [2.75, 3.05) is 0 Å². The summed E-state index contributed by atoms with van der Waals surface area (Å²) in [5.41, 5.74) is 1.15. The molecule has 1 unspecified atom stereocenters. The van der Waals surface area contributed by atoms with Crippen molar-refractivity contribution in [2.45, 2.75) is 6.10 Å². The summed E-state index contributed by atoms with van der Waals surface area (Å²) in [6.45, 7) is 0. The van der Waals surface area contributed by atoms with Crippen LogP contribution in [-0.2, 0) is 0 Å². The van der Waals surface area contributed by atoms with Gasteiger partial charge in [0.25, 0.3) is 0 Å². The van der Waals surface area contributed by atoms with Crippen molar-refractivity contribution in [2.24, 2.45) is 0 Å². The van der Waals surface area contributed by atoms with Gasteiger partial charge in [0, 0.05) is 5.56 Å². The molecule has 6 rings (SSSR count). The molecular formula is C30H22O2. The lowest BCUT2D eigenvalue weighted by Gasteiger charge is -2.09. The molecule has 0 spiro atoms. The van der Waals surface area contributed by atoms with E-state index in [0.717, 1.165) is 0 Å². The van der Waals surface area contributed by atoms with Crippen molar-refractivity contribution in [1.82, 2.24) is 0 Å². The van der Waals surface area contributed by atoms with E-state index in [1.54, 1.807) is 48.5 Å². The summed E-state index contributed by atoms with van der Waals surface area (Å²) < 4.78 is 0. The molecule has 0 fully saturated rings. The molecule has 0 amide bonds. The third-order valence-electron chi connectivity index (χ3n) is 5.81. The molecule has 0 bridgehead atoms. The number of Topliss-reactive ketones (excluding diaryl/α,β-unsaturated/α-hetero) is 1. The topological polar surface area (TPSA) is 37.3 Å². The Morgan fingerprint density at radius 1 is 0.500 bits per heavy atom. The average Bonchev–Trinajstić information content (AvgIpc) is 2.88. The van der Waals surface area contributed by atoms with Gasteiger partial charge in [0.05, 0.1) is 0 Å². The van der Waals surface area contributed by atoms with Crippen molar-refractivity contribution in [3.8, 4) is 0 Å². The van der Waals surface area contributed by atoms with Crippen LogP contribution in [0.3, 0.4) is 0 Å². The maximum absolute atomic E-state index is 11.9. The van der Waals surface area contributed by atoms with E-state index in [1.165, 1.54) is 32.3 Å². The SMILES string of the molecule is O=C(c1ccccc1)C(O)c1ccccc1.c1cc2ccc3cccc4ccc(c1)c2c34. The van der Waals surface area contributed by atoms with Gasteiger partial charge in [-0.05, 0) is 37.9 Å². The minimum Gasteiger partial charge on any atom is -0.380 e. The summed E-state index contributed by atoms with van der Waals surface area (Å²) in [4.78, 5) is 11.9. The molecule has 0 saturated carbocycles. The zero-order valence-corrected chi connectivity index (χ0v) is 17.5. The number of carbonyl (C=O) groups is 1. The van der Waals surface area contributed by atoms with Gasteiger partial charge in [0.1, 0.15) is 6.10 Å². The van der Waals surface area contributed by atoms with E-state index in [9.17, 15) is 9.90 Å². The highest BCUT2D eigenvalue weighted by Gasteiger charge is 2.18. The van der Waals surface area contributed by atoms with Crippen LogP contribution in [0.1, 0.15) is 22.0 Å². The second-order valence-corrected chi connectivity index (χ2v) is 7.83. The molecule has 0 aliphatic rings. The summed E-state index contributed by atoms with van der Waals surface area (Å²) >= 11 is 0. The first-order chi connectivity index (χ1) is 15.7. The van der Waals surface area contributed by atoms with E-state index >= 15 is 0 Å². The van der Waals surface area contributed by atoms with Gasteiger partial charge >= 0.3 is 0 Å². The summed E-state index contributed by atoms with van der Waals surface area (Å²) in [6, 6.07) is 39.6. The lowest BCUT2D eigenvalue weighted by molar-refractivity contribution is 0.0747. The number of carbonyl (C=O) groups excluding carboxylic acids is 1. The maximum Gasteiger partial charge on any atom is 0.195 e. The molecule has 1 N–H and O–H groups in total. The first-order valence-electron chi connectivity index (χ1n) is 10.7. The van der Waals surface area contributed by atoms with Crippen molar-refractivity contribution in [1.29, 1.82) is 0 Å². The Morgan fingerprint density at radius 3 is 1.34 bits per heavy atom. The first-order valence-corrected chi connectivity index (χ1v) is 10.7. The minimum atomic E-state index is -1.08. The molecule has 0 aliphatic carbocycles. The highest BCUT2D eigenvalue weighted by molar-refractivity contribution is 6.22. The Morgan fingerprint density at radius 2 is 0.906 bits per heavy atom. The van der Waals surface area contributed by atoms with Gasteiger partial charge in [-0.1, -0.05) is 121 Å².